The normalized spacial score (nSPS) is 30.8. The Morgan fingerprint density at radius 3 is 2.32 bits per heavy atom. The number of alkyl halides is 2. The van der Waals surface area contributed by atoms with Crippen molar-refractivity contribution in [1.29, 1.82) is 0 Å². The molecule has 1 aromatic rings. The minimum atomic E-state index is -3.69. The van der Waals surface area contributed by atoms with Gasteiger partial charge in [-0.1, -0.05) is 32.4 Å². The van der Waals surface area contributed by atoms with E-state index in [9.17, 15) is 17.2 Å². The summed E-state index contributed by atoms with van der Waals surface area (Å²) >= 11 is 0. The van der Waals surface area contributed by atoms with Crippen molar-refractivity contribution in [3.63, 3.8) is 0 Å². The highest BCUT2D eigenvalue weighted by Crippen LogP contribution is 2.66. The van der Waals surface area contributed by atoms with Gasteiger partial charge < -0.3 is 0 Å². The number of hydrogen-bond acceptors (Lipinski definition) is 2. The van der Waals surface area contributed by atoms with Gasteiger partial charge in [-0.25, -0.2) is 22.3 Å². The number of rotatable bonds is 5. The lowest BCUT2D eigenvalue weighted by Gasteiger charge is -2.31. The Labute approximate surface area is 149 Å². The Morgan fingerprint density at radius 1 is 1.12 bits per heavy atom. The number of nitrogens with two attached hydrogens (primary N) is 1. The number of primary sulfonamides is 1. The molecular formula is C19H27F2NO2S. The third kappa shape index (κ3) is 3.75. The molecule has 0 radical (unpaired) electrons. The van der Waals surface area contributed by atoms with Gasteiger partial charge in [0, 0.05) is 12.3 Å². The number of sulfonamides is 1. The third-order valence-electron chi connectivity index (χ3n) is 6.35. The second-order valence-corrected chi connectivity index (χ2v) is 9.86. The van der Waals surface area contributed by atoms with Gasteiger partial charge in [-0.3, -0.25) is 0 Å². The molecule has 140 valence electrons. The summed E-state index contributed by atoms with van der Waals surface area (Å²) < 4.78 is 50.8. The average Bonchev–Trinajstić information content (AvgIpc) is 3.06. The molecular weight excluding hydrogens is 344 g/mol. The standard InChI is InChI=1S/C19H27F2NO2S/c1-18(2)16(11-8-14-5-3-4-12-19(14,20)21)17(18)13-6-9-15(10-7-13)25(22,23)24/h6-7,9-10,14,16-17H,3-5,8,11-12H2,1-2H3,(H2,22,23,24). The highest BCUT2D eigenvalue weighted by Gasteiger charge is 2.58. The minimum Gasteiger partial charge on any atom is -0.225 e. The molecule has 6 heteroatoms. The highest BCUT2D eigenvalue weighted by molar-refractivity contribution is 7.89. The molecule has 0 amide bonds. The summed E-state index contributed by atoms with van der Waals surface area (Å²) in [6.07, 6.45) is 3.59. The summed E-state index contributed by atoms with van der Waals surface area (Å²) in [6.45, 7) is 4.32. The van der Waals surface area contributed by atoms with Crippen molar-refractivity contribution in [3.8, 4) is 0 Å². The fraction of sp³-hybridized carbons (Fsp3) is 0.684. The number of benzene rings is 1. The number of halogens is 2. The molecule has 2 fully saturated rings. The second-order valence-electron chi connectivity index (χ2n) is 8.30. The van der Waals surface area contributed by atoms with Gasteiger partial charge in [0.15, 0.2) is 0 Å². The highest BCUT2D eigenvalue weighted by atomic mass is 32.2. The van der Waals surface area contributed by atoms with Gasteiger partial charge in [0.05, 0.1) is 4.90 Å². The van der Waals surface area contributed by atoms with Gasteiger partial charge in [0.25, 0.3) is 5.92 Å². The average molecular weight is 371 g/mol. The van der Waals surface area contributed by atoms with E-state index in [1.54, 1.807) is 12.1 Å². The van der Waals surface area contributed by atoms with Gasteiger partial charge in [-0.2, -0.15) is 0 Å². The first-order chi connectivity index (χ1) is 11.5. The van der Waals surface area contributed by atoms with E-state index in [0.29, 0.717) is 31.1 Å². The van der Waals surface area contributed by atoms with Crippen LogP contribution in [0.25, 0.3) is 0 Å². The van der Waals surface area contributed by atoms with E-state index < -0.39 is 21.9 Å². The third-order valence-corrected chi connectivity index (χ3v) is 7.28. The van der Waals surface area contributed by atoms with Crippen LogP contribution in [0.5, 0.6) is 0 Å². The van der Waals surface area contributed by atoms with Crippen LogP contribution in [0.4, 0.5) is 8.78 Å². The molecule has 2 aliphatic rings. The largest absolute Gasteiger partial charge is 0.250 e. The smallest absolute Gasteiger partial charge is 0.225 e. The van der Waals surface area contributed by atoms with Crippen molar-refractivity contribution in [2.45, 2.75) is 69.1 Å². The lowest BCUT2D eigenvalue weighted by molar-refractivity contribution is -0.0892. The van der Waals surface area contributed by atoms with Crippen LogP contribution in [-0.4, -0.2) is 14.3 Å². The Morgan fingerprint density at radius 2 is 1.76 bits per heavy atom. The van der Waals surface area contributed by atoms with Crippen LogP contribution in [0, 0.1) is 17.3 Å². The van der Waals surface area contributed by atoms with Gasteiger partial charge >= 0.3 is 0 Å². The molecule has 2 saturated carbocycles. The fourth-order valence-electron chi connectivity index (χ4n) is 4.71. The zero-order valence-electron chi connectivity index (χ0n) is 14.8. The first kappa shape index (κ1) is 18.8. The molecule has 0 heterocycles. The molecule has 0 spiro atoms. The number of hydrogen-bond donors (Lipinski definition) is 1. The summed E-state index contributed by atoms with van der Waals surface area (Å²) in [5.74, 6) is -2.34. The molecule has 0 saturated heterocycles. The van der Waals surface area contributed by atoms with E-state index in [2.05, 4.69) is 13.8 Å². The molecule has 3 atom stereocenters. The zero-order valence-corrected chi connectivity index (χ0v) is 15.7. The molecule has 25 heavy (non-hydrogen) atoms. The van der Waals surface area contributed by atoms with Gasteiger partial charge in [-0.15, -0.1) is 0 Å². The van der Waals surface area contributed by atoms with Crippen LogP contribution in [0.1, 0.15) is 63.9 Å². The van der Waals surface area contributed by atoms with Crippen LogP contribution in [0.15, 0.2) is 29.2 Å². The maximum atomic E-state index is 14.0. The van der Waals surface area contributed by atoms with Crippen LogP contribution < -0.4 is 5.14 Å². The predicted molar refractivity (Wildman–Crippen MR) is 94.0 cm³/mol. The molecule has 0 bridgehead atoms. The minimum absolute atomic E-state index is 0.0319. The molecule has 2 aliphatic carbocycles. The Kier molecular flexibility index (Phi) is 4.73. The van der Waals surface area contributed by atoms with E-state index in [4.69, 9.17) is 5.14 Å². The summed E-state index contributed by atoms with van der Waals surface area (Å²) in [5, 5.41) is 5.14. The van der Waals surface area contributed by atoms with E-state index >= 15 is 0 Å². The van der Waals surface area contributed by atoms with Crippen LogP contribution >= 0.6 is 0 Å². The monoisotopic (exact) mass is 371 g/mol. The fourth-order valence-corrected chi connectivity index (χ4v) is 5.23. The van der Waals surface area contributed by atoms with E-state index in [1.807, 2.05) is 0 Å². The van der Waals surface area contributed by atoms with Crippen LogP contribution in [0.2, 0.25) is 0 Å². The quantitative estimate of drug-likeness (QED) is 0.817. The van der Waals surface area contributed by atoms with Crippen molar-refractivity contribution in [2.24, 2.45) is 22.4 Å². The Balaban J connectivity index is 1.66. The topological polar surface area (TPSA) is 60.2 Å². The van der Waals surface area contributed by atoms with Crippen LogP contribution in [0.3, 0.4) is 0 Å². The molecule has 3 nitrogen and oxygen atoms in total. The van der Waals surface area contributed by atoms with Gasteiger partial charge in [-0.05, 0) is 60.6 Å². The predicted octanol–water partition coefficient (Wildman–Crippen LogP) is 4.68. The van der Waals surface area contributed by atoms with Crippen molar-refractivity contribution >= 4 is 10.0 Å². The SMILES string of the molecule is CC1(C)C(CCC2CCCCC2(F)F)C1c1ccc(S(N)(=O)=O)cc1. The zero-order chi connectivity index (χ0) is 18.5. The van der Waals surface area contributed by atoms with E-state index in [1.165, 1.54) is 12.1 Å². The molecule has 3 unspecified atom stereocenters. The van der Waals surface area contributed by atoms with E-state index in [-0.39, 0.29) is 16.7 Å². The first-order valence-corrected chi connectivity index (χ1v) is 10.6. The Hall–Kier alpha value is -1.01. The molecule has 1 aromatic carbocycles. The molecule has 2 N–H and O–H groups in total. The maximum absolute atomic E-state index is 14.0. The summed E-state index contributed by atoms with van der Waals surface area (Å²) in [7, 11) is -3.69. The molecule has 0 aromatic heterocycles. The molecule has 3 rings (SSSR count). The van der Waals surface area contributed by atoms with Crippen molar-refractivity contribution in [2.75, 3.05) is 0 Å². The lowest BCUT2D eigenvalue weighted by atomic mass is 9.82. The summed E-state index contributed by atoms with van der Waals surface area (Å²) in [6, 6.07) is 6.68. The van der Waals surface area contributed by atoms with Gasteiger partial charge in [0.1, 0.15) is 0 Å². The van der Waals surface area contributed by atoms with Crippen molar-refractivity contribution in [1.82, 2.24) is 0 Å². The second kappa shape index (κ2) is 6.31. The maximum Gasteiger partial charge on any atom is 0.250 e. The van der Waals surface area contributed by atoms with Crippen molar-refractivity contribution < 1.29 is 17.2 Å². The first-order valence-electron chi connectivity index (χ1n) is 9.04. The van der Waals surface area contributed by atoms with E-state index in [0.717, 1.165) is 18.4 Å². The van der Waals surface area contributed by atoms with Crippen molar-refractivity contribution in [3.05, 3.63) is 29.8 Å². The summed E-state index contributed by atoms with van der Waals surface area (Å²) in [4.78, 5) is 0.105. The summed E-state index contributed by atoms with van der Waals surface area (Å²) in [5.41, 5.74) is 1.13. The Bertz CT molecular complexity index is 728. The van der Waals surface area contributed by atoms with Gasteiger partial charge in [0.2, 0.25) is 10.0 Å². The molecule has 0 aliphatic heterocycles. The lowest BCUT2D eigenvalue weighted by Crippen LogP contribution is -2.31. The van der Waals surface area contributed by atoms with Crippen LogP contribution in [-0.2, 0) is 10.0 Å².